The molecule has 0 saturated carbocycles. The molecule has 1 heterocycles. The van der Waals surface area contributed by atoms with Gasteiger partial charge in [-0.2, -0.15) is 12.6 Å². The highest BCUT2D eigenvalue weighted by atomic mass is 32.1. The lowest BCUT2D eigenvalue weighted by Gasteiger charge is -2.03. The number of rotatable bonds is 6. The molecule has 0 fully saturated rings. The first-order valence-electron chi connectivity index (χ1n) is 4.96. The highest BCUT2D eigenvalue weighted by Crippen LogP contribution is 2.01. The second-order valence-corrected chi connectivity index (χ2v) is 3.70. The van der Waals surface area contributed by atoms with Crippen molar-refractivity contribution < 1.29 is 0 Å². The number of unbranched alkanes of at least 4 members (excludes halogenated alkanes) is 3. The van der Waals surface area contributed by atoms with Crippen LogP contribution in [0.15, 0.2) is 23.4 Å². The first-order chi connectivity index (χ1) is 6.84. The molecule has 1 aromatic rings. The van der Waals surface area contributed by atoms with Crippen LogP contribution < -0.4 is 5.56 Å². The molecule has 0 saturated heterocycles. The van der Waals surface area contributed by atoms with E-state index in [0.29, 0.717) is 0 Å². The maximum Gasteiger partial charge on any atom is 0.253 e. The molecule has 0 aliphatic rings. The Morgan fingerprint density at radius 2 is 2.07 bits per heavy atom. The molecule has 4 heteroatoms. The van der Waals surface area contributed by atoms with Crippen LogP contribution in [0.4, 0.5) is 0 Å². The van der Waals surface area contributed by atoms with Gasteiger partial charge in [0.1, 0.15) is 0 Å². The van der Waals surface area contributed by atoms with Crippen molar-refractivity contribution in [2.45, 2.75) is 32.2 Å². The third-order valence-electron chi connectivity index (χ3n) is 2.10. The summed E-state index contributed by atoms with van der Waals surface area (Å²) in [6.45, 7) is 0.777. The van der Waals surface area contributed by atoms with Gasteiger partial charge in [0.25, 0.3) is 5.56 Å². The SMILES string of the molecule is O=c1ccncn1CCCCCCS. The van der Waals surface area contributed by atoms with Crippen molar-refractivity contribution in [1.29, 1.82) is 0 Å². The molecular weight excluding hydrogens is 196 g/mol. The summed E-state index contributed by atoms with van der Waals surface area (Å²) in [5.41, 5.74) is 0.0363. The first-order valence-corrected chi connectivity index (χ1v) is 5.59. The molecule has 0 amide bonds. The van der Waals surface area contributed by atoms with E-state index in [9.17, 15) is 4.79 Å². The van der Waals surface area contributed by atoms with Gasteiger partial charge >= 0.3 is 0 Å². The van der Waals surface area contributed by atoms with Crippen molar-refractivity contribution in [3.63, 3.8) is 0 Å². The van der Waals surface area contributed by atoms with Gasteiger partial charge in [-0.15, -0.1) is 0 Å². The van der Waals surface area contributed by atoms with Crippen LogP contribution in [-0.4, -0.2) is 15.3 Å². The third kappa shape index (κ3) is 3.96. The van der Waals surface area contributed by atoms with Crippen LogP contribution >= 0.6 is 12.6 Å². The van der Waals surface area contributed by atoms with Gasteiger partial charge in [0.15, 0.2) is 0 Å². The Kier molecular flexibility index (Phi) is 5.37. The normalized spacial score (nSPS) is 10.4. The predicted octanol–water partition coefficient (Wildman–Crippen LogP) is 1.73. The summed E-state index contributed by atoms with van der Waals surface area (Å²) >= 11 is 4.14. The standard InChI is InChI=1S/C10H16N2OS/c13-10-5-6-11-9-12(10)7-3-1-2-4-8-14/h5-6,9,14H,1-4,7-8H2. The molecule has 0 N–H and O–H groups in total. The highest BCUT2D eigenvalue weighted by Gasteiger charge is 1.94. The van der Waals surface area contributed by atoms with E-state index in [1.165, 1.54) is 18.7 Å². The fourth-order valence-corrected chi connectivity index (χ4v) is 1.52. The number of hydrogen-bond donors (Lipinski definition) is 1. The predicted molar refractivity (Wildman–Crippen MR) is 60.8 cm³/mol. The van der Waals surface area contributed by atoms with Crippen molar-refractivity contribution in [1.82, 2.24) is 9.55 Å². The molecule has 0 spiro atoms. The van der Waals surface area contributed by atoms with Crippen LogP contribution in [0.3, 0.4) is 0 Å². The molecule has 1 rings (SSSR count). The van der Waals surface area contributed by atoms with E-state index >= 15 is 0 Å². The largest absolute Gasteiger partial charge is 0.299 e. The Labute approximate surface area is 89.6 Å². The van der Waals surface area contributed by atoms with E-state index in [-0.39, 0.29) is 5.56 Å². The van der Waals surface area contributed by atoms with E-state index < -0.39 is 0 Å². The van der Waals surface area contributed by atoms with E-state index in [0.717, 1.165) is 31.6 Å². The molecule has 14 heavy (non-hydrogen) atoms. The molecule has 78 valence electrons. The average Bonchev–Trinajstić information content (AvgIpc) is 2.20. The molecule has 0 aliphatic heterocycles. The van der Waals surface area contributed by atoms with Gasteiger partial charge in [-0.05, 0) is 18.6 Å². The lowest BCUT2D eigenvalue weighted by Crippen LogP contribution is -2.18. The monoisotopic (exact) mass is 212 g/mol. The van der Waals surface area contributed by atoms with Crippen LogP contribution in [0.1, 0.15) is 25.7 Å². The van der Waals surface area contributed by atoms with Crippen LogP contribution in [-0.2, 0) is 6.54 Å². The third-order valence-corrected chi connectivity index (χ3v) is 2.42. The number of nitrogens with zero attached hydrogens (tertiary/aromatic N) is 2. The molecule has 0 aromatic carbocycles. The fourth-order valence-electron chi connectivity index (χ4n) is 1.29. The minimum atomic E-state index is 0.0363. The molecule has 0 unspecified atom stereocenters. The van der Waals surface area contributed by atoms with Crippen molar-refractivity contribution in [3.05, 3.63) is 28.9 Å². The van der Waals surface area contributed by atoms with Gasteiger partial charge in [-0.3, -0.25) is 9.36 Å². The summed E-state index contributed by atoms with van der Waals surface area (Å²) in [5.74, 6) is 0.951. The number of hydrogen-bond acceptors (Lipinski definition) is 3. The zero-order valence-corrected chi connectivity index (χ0v) is 9.12. The Morgan fingerprint density at radius 3 is 2.79 bits per heavy atom. The fraction of sp³-hybridized carbons (Fsp3) is 0.600. The number of aromatic nitrogens is 2. The van der Waals surface area contributed by atoms with Crippen LogP contribution in [0.25, 0.3) is 0 Å². The summed E-state index contributed by atoms with van der Waals surface area (Å²) < 4.78 is 1.65. The van der Waals surface area contributed by atoms with Gasteiger partial charge in [-0.1, -0.05) is 12.8 Å². The van der Waals surface area contributed by atoms with Crippen molar-refractivity contribution in [3.8, 4) is 0 Å². The second kappa shape index (κ2) is 6.65. The maximum absolute atomic E-state index is 11.2. The average molecular weight is 212 g/mol. The van der Waals surface area contributed by atoms with Crippen LogP contribution in [0.2, 0.25) is 0 Å². The Balaban J connectivity index is 2.25. The smallest absolute Gasteiger partial charge is 0.253 e. The minimum absolute atomic E-state index is 0.0363. The lowest BCUT2D eigenvalue weighted by atomic mass is 10.2. The van der Waals surface area contributed by atoms with Crippen LogP contribution in [0, 0.1) is 0 Å². The van der Waals surface area contributed by atoms with Gasteiger partial charge in [-0.25, -0.2) is 4.98 Å². The summed E-state index contributed by atoms with van der Waals surface area (Å²) in [6.07, 6.45) is 7.67. The van der Waals surface area contributed by atoms with Gasteiger partial charge in [0.2, 0.25) is 0 Å². The molecule has 0 atom stereocenters. The van der Waals surface area contributed by atoms with E-state index in [1.807, 2.05) is 0 Å². The Bertz CT molecular complexity index is 311. The minimum Gasteiger partial charge on any atom is -0.299 e. The Hall–Kier alpha value is -0.770. The van der Waals surface area contributed by atoms with Crippen molar-refractivity contribution in [2.75, 3.05) is 5.75 Å². The lowest BCUT2D eigenvalue weighted by molar-refractivity contribution is 0.565. The highest BCUT2D eigenvalue weighted by molar-refractivity contribution is 7.80. The zero-order chi connectivity index (χ0) is 10.2. The molecule has 0 bridgehead atoms. The molecule has 3 nitrogen and oxygen atoms in total. The van der Waals surface area contributed by atoms with Gasteiger partial charge in [0.05, 0.1) is 6.33 Å². The Morgan fingerprint density at radius 1 is 1.29 bits per heavy atom. The maximum atomic E-state index is 11.2. The van der Waals surface area contributed by atoms with Gasteiger partial charge < -0.3 is 0 Å². The molecule has 0 aliphatic carbocycles. The summed E-state index contributed by atoms with van der Waals surface area (Å²) in [5, 5.41) is 0. The van der Waals surface area contributed by atoms with E-state index in [4.69, 9.17) is 0 Å². The second-order valence-electron chi connectivity index (χ2n) is 3.25. The summed E-state index contributed by atoms with van der Waals surface area (Å²) in [6, 6.07) is 1.49. The molecule has 1 aromatic heterocycles. The molecular formula is C10H16N2OS. The van der Waals surface area contributed by atoms with E-state index in [2.05, 4.69) is 17.6 Å². The summed E-state index contributed by atoms with van der Waals surface area (Å²) in [4.78, 5) is 15.2. The quantitative estimate of drug-likeness (QED) is 0.576. The van der Waals surface area contributed by atoms with Crippen LogP contribution in [0.5, 0.6) is 0 Å². The molecule has 0 radical (unpaired) electrons. The van der Waals surface area contributed by atoms with E-state index in [1.54, 1.807) is 10.9 Å². The van der Waals surface area contributed by atoms with Crippen molar-refractivity contribution in [2.24, 2.45) is 0 Å². The number of aryl methyl sites for hydroxylation is 1. The zero-order valence-electron chi connectivity index (χ0n) is 8.22. The summed E-state index contributed by atoms with van der Waals surface area (Å²) in [7, 11) is 0. The van der Waals surface area contributed by atoms with Crippen molar-refractivity contribution >= 4 is 12.6 Å². The topological polar surface area (TPSA) is 34.9 Å². The number of thiol groups is 1. The van der Waals surface area contributed by atoms with Gasteiger partial charge in [0, 0.05) is 18.8 Å². The first kappa shape index (κ1) is 11.3.